The topological polar surface area (TPSA) is 51.8 Å². The Labute approximate surface area is 272 Å². The van der Waals surface area contributed by atoms with Crippen molar-refractivity contribution in [3.63, 3.8) is 0 Å². The number of hydrogen-bond donors (Lipinski definition) is 0. The maximum atomic E-state index is 6.14. The number of rotatable bonds is 5. The van der Waals surface area contributed by atoms with Crippen LogP contribution in [0.2, 0.25) is 0 Å². The van der Waals surface area contributed by atoms with Crippen molar-refractivity contribution < 1.29 is 4.42 Å². The van der Waals surface area contributed by atoms with Crippen LogP contribution in [0.1, 0.15) is 5.56 Å². The molecule has 222 valence electrons. The monoisotopic (exact) mass is 603 g/mol. The molecule has 2 heterocycles. The van der Waals surface area contributed by atoms with E-state index in [2.05, 4.69) is 109 Å². The Bertz CT molecular complexity index is 2400. The van der Waals surface area contributed by atoms with Gasteiger partial charge in [0, 0.05) is 39.3 Å². The van der Waals surface area contributed by atoms with Gasteiger partial charge in [0.25, 0.3) is 0 Å². The summed E-state index contributed by atoms with van der Waals surface area (Å²) in [6, 6.07) is 41.6. The van der Waals surface area contributed by atoms with Crippen LogP contribution in [-0.2, 0) is 0 Å². The number of benzene rings is 5. The van der Waals surface area contributed by atoms with E-state index in [4.69, 9.17) is 19.4 Å². The van der Waals surface area contributed by atoms with E-state index < -0.39 is 0 Å². The fourth-order valence-electron chi connectivity index (χ4n) is 6.78. The van der Waals surface area contributed by atoms with Gasteiger partial charge in [0.15, 0.2) is 17.5 Å². The average Bonchev–Trinajstić information content (AvgIpc) is 3.54. The first kappa shape index (κ1) is 27.2. The van der Waals surface area contributed by atoms with Gasteiger partial charge in [0.1, 0.15) is 11.2 Å². The SMILES string of the molecule is C1=CC2C=CC=C(c3ccc(-c4nc(-c5ccccc5)nc(-c5ccc(-c6cccc7oc8ccccc8c67)cc5)n4)cc3)C2C=C1. The maximum absolute atomic E-state index is 6.14. The van der Waals surface area contributed by atoms with Gasteiger partial charge in [0.05, 0.1) is 0 Å². The number of nitrogens with zero attached hydrogens (tertiary/aromatic N) is 3. The van der Waals surface area contributed by atoms with Gasteiger partial charge in [-0.15, -0.1) is 0 Å². The summed E-state index contributed by atoms with van der Waals surface area (Å²) >= 11 is 0. The van der Waals surface area contributed by atoms with Crippen molar-refractivity contribution in [3.05, 3.63) is 169 Å². The minimum Gasteiger partial charge on any atom is -0.456 e. The van der Waals surface area contributed by atoms with Crippen molar-refractivity contribution in [2.24, 2.45) is 11.8 Å². The van der Waals surface area contributed by atoms with Gasteiger partial charge in [-0.25, -0.2) is 15.0 Å². The molecule has 0 saturated heterocycles. The van der Waals surface area contributed by atoms with Crippen molar-refractivity contribution in [1.29, 1.82) is 0 Å². The van der Waals surface area contributed by atoms with Crippen LogP contribution in [0.3, 0.4) is 0 Å². The lowest BCUT2D eigenvalue weighted by atomic mass is 9.77. The van der Waals surface area contributed by atoms with Crippen LogP contribution in [0, 0.1) is 11.8 Å². The zero-order valence-electron chi connectivity index (χ0n) is 25.5. The molecule has 2 aliphatic carbocycles. The lowest BCUT2D eigenvalue weighted by molar-refractivity contribution is 0.669. The molecule has 0 saturated carbocycles. The molecule has 0 N–H and O–H groups in total. The molecular formula is C43H29N3O. The molecule has 2 atom stereocenters. The highest BCUT2D eigenvalue weighted by Crippen LogP contribution is 2.39. The Morgan fingerprint density at radius 3 is 1.77 bits per heavy atom. The van der Waals surface area contributed by atoms with Crippen LogP contribution in [0.4, 0.5) is 0 Å². The molecule has 4 nitrogen and oxygen atoms in total. The number of fused-ring (bicyclic) bond motifs is 4. The Balaban J connectivity index is 1.10. The normalized spacial score (nSPS) is 16.8. The molecule has 0 aliphatic heterocycles. The second-order valence-corrected chi connectivity index (χ2v) is 12.0. The third kappa shape index (κ3) is 4.91. The van der Waals surface area contributed by atoms with E-state index in [1.54, 1.807) is 0 Å². The van der Waals surface area contributed by atoms with Crippen molar-refractivity contribution in [1.82, 2.24) is 15.0 Å². The minimum absolute atomic E-state index is 0.353. The summed E-state index contributed by atoms with van der Waals surface area (Å²) in [5.74, 6) is 2.69. The van der Waals surface area contributed by atoms with Crippen LogP contribution < -0.4 is 0 Å². The van der Waals surface area contributed by atoms with E-state index in [-0.39, 0.29) is 0 Å². The van der Waals surface area contributed by atoms with Crippen molar-refractivity contribution in [3.8, 4) is 45.3 Å². The van der Waals surface area contributed by atoms with Crippen molar-refractivity contribution in [2.45, 2.75) is 0 Å². The lowest BCUT2D eigenvalue weighted by Gasteiger charge is -2.27. The van der Waals surface area contributed by atoms with E-state index >= 15 is 0 Å². The molecular weight excluding hydrogens is 574 g/mol. The van der Waals surface area contributed by atoms with Crippen molar-refractivity contribution >= 4 is 27.5 Å². The predicted octanol–water partition coefficient (Wildman–Crippen LogP) is 10.8. The van der Waals surface area contributed by atoms with E-state index in [0.29, 0.717) is 29.3 Å². The Morgan fingerprint density at radius 2 is 1.02 bits per heavy atom. The smallest absolute Gasteiger partial charge is 0.164 e. The van der Waals surface area contributed by atoms with Gasteiger partial charge in [0.2, 0.25) is 0 Å². The van der Waals surface area contributed by atoms with Gasteiger partial charge in [-0.3, -0.25) is 0 Å². The van der Waals surface area contributed by atoms with E-state index in [9.17, 15) is 0 Å². The van der Waals surface area contributed by atoms with Crippen LogP contribution in [0.15, 0.2) is 168 Å². The first-order valence-corrected chi connectivity index (χ1v) is 16.0. The van der Waals surface area contributed by atoms with Gasteiger partial charge in [-0.1, -0.05) is 152 Å². The van der Waals surface area contributed by atoms with Crippen LogP contribution >= 0.6 is 0 Å². The highest BCUT2D eigenvalue weighted by Gasteiger charge is 2.23. The third-order valence-electron chi connectivity index (χ3n) is 9.15. The molecule has 5 aromatic carbocycles. The summed E-state index contributed by atoms with van der Waals surface area (Å²) in [5, 5.41) is 2.24. The minimum atomic E-state index is 0.353. The molecule has 2 unspecified atom stereocenters. The van der Waals surface area contributed by atoms with Gasteiger partial charge < -0.3 is 4.42 Å². The molecule has 7 aromatic rings. The number of para-hydroxylation sites is 1. The summed E-state index contributed by atoms with van der Waals surface area (Å²) < 4.78 is 6.14. The highest BCUT2D eigenvalue weighted by molar-refractivity contribution is 6.12. The van der Waals surface area contributed by atoms with Crippen LogP contribution in [0.5, 0.6) is 0 Å². The van der Waals surface area contributed by atoms with E-state index in [1.807, 2.05) is 54.6 Å². The Morgan fingerprint density at radius 1 is 0.447 bits per heavy atom. The molecule has 2 aromatic heterocycles. The standard InChI is InChI=1S/C43H29N3O/c1-2-11-31(12-3-1)41-44-42(32-24-20-29(21-25-32)35-16-8-13-28-10-4-5-14-34(28)35)46-43(45-41)33-26-22-30(23-27-33)36-17-9-19-39-40(36)37-15-6-7-18-38(37)47-39/h1-28,34H. The first-order chi connectivity index (χ1) is 23.3. The number of allylic oxidation sites excluding steroid dienone is 8. The second-order valence-electron chi connectivity index (χ2n) is 12.0. The Kier molecular flexibility index (Phi) is 6.57. The molecule has 0 radical (unpaired) electrons. The summed E-state index contributed by atoms with van der Waals surface area (Å²) in [6.45, 7) is 0. The van der Waals surface area contributed by atoms with Gasteiger partial charge in [-0.2, -0.15) is 0 Å². The van der Waals surface area contributed by atoms with Crippen LogP contribution in [-0.4, -0.2) is 15.0 Å². The van der Waals surface area contributed by atoms with Gasteiger partial charge in [-0.05, 0) is 34.4 Å². The molecule has 9 rings (SSSR count). The fourth-order valence-corrected chi connectivity index (χ4v) is 6.78. The molecule has 47 heavy (non-hydrogen) atoms. The zero-order chi connectivity index (χ0) is 31.2. The molecule has 0 amide bonds. The first-order valence-electron chi connectivity index (χ1n) is 16.0. The summed E-state index contributed by atoms with van der Waals surface area (Å²) in [6.07, 6.45) is 15.5. The summed E-state index contributed by atoms with van der Waals surface area (Å²) in [4.78, 5) is 14.9. The van der Waals surface area contributed by atoms with Crippen LogP contribution in [0.25, 0.3) is 72.8 Å². The number of furan rings is 1. The molecule has 0 fully saturated rings. The molecule has 2 aliphatic rings. The fraction of sp³-hybridized carbons (Fsp3) is 0.0465. The van der Waals surface area contributed by atoms with Crippen molar-refractivity contribution in [2.75, 3.05) is 0 Å². The Hall–Kier alpha value is -6.13. The number of aromatic nitrogens is 3. The van der Waals surface area contributed by atoms with E-state index in [1.165, 1.54) is 11.1 Å². The average molecular weight is 604 g/mol. The summed E-state index contributed by atoms with van der Waals surface area (Å²) in [5.41, 5.74) is 9.39. The van der Waals surface area contributed by atoms with Gasteiger partial charge >= 0.3 is 0 Å². The maximum Gasteiger partial charge on any atom is 0.164 e. The number of hydrogen-bond acceptors (Lipinski definition) is 4. The molecule has 0 spiro atoms. The summed E-state index contributed by atoms with van der Waals surface area (Å²) in [7, 11) is 0. The largest absolute Gasteiger partial charge is 0.456 e. The van der Waals surface area contributed by atoms with E-state index in [0.717, 1.165) is 49.8 Å². The second kappa shape index (κ2) is 11.3. The predicted molar refractivity (Wildman–Crippen MR) is 191 cm³/mol. The quantitative estimate of drug-likeness (QED) is 0.196. The third-order valence-corrected chi connectivity index (χ3v) is 9.15. The zero-order valence-corrected chi connectivity index (χ0v) is 25.5. The molecule has 4 heteroatoms. The lowest BCUT2D eigenvalue weighted by Crippen LogP contribution is -2.14. The highest BCUT2D eigenvalue weighted by atomic mass is 16.3. The molecule has 0 bridgehead atoms.